The molecule has 1 aliphatic heterocycles. The van der Waals surface area contributed by atoms with Gasteiger partial charge in [0.1, 0.15) is 11.9 Å². The lowest BCUT2D eigenvalue weighted by molar-refractivity contribution is 0.114. The summed E-state index contributed by atoms with van der Waals surface area (Å²) in [6.45, 7) is 2.82. The number of nitrogens with zero attached hydrogens (tertiary/aromatic N) is 3. The number of benzene rings is 1. The number of aliphatic hydroxyl groups is 1. The van der Waals surface area contributed by atoms with Crippen LogP contribution in [-0.4, -0.2) is 40.7 Å². The predicted octanol–water partition coefficient (Wildman–Crippen LogP) is 1.78. The SMILES string of the molecule is N#Cc1cccnc1NCC(O)CN1CCc2ccccc2C1. The number of nitrogens with one attached hydrogen (secondary N) is 1. The first-order chi connectivity index (χ1) is 11.3. The van der Waals surface area contributed by atoms with Crippen LogP contribution >= 0.6 is 0 Å². The molecule has 1 aromatic heterocycles. The molecule has 0 spiro atoms. The number of nitriles is 1. The minimum atomic E-state index is -0.506. The van der Waals surface area contributed by atoms with Crippen molar-refractivity contribution < 1.29 is 5.11 Å². The van der Waals surface area contributed by atoms with Gasteiger partial charge < -0.3 is 10.4 Å². The Labute approximate surface area is 136 Å². The molecule has 0 saturated heterocycles. The van der Waals surface area contributed by atoms with Crippen molar-refractivity contribution in [1.82, 2.24) is 9.88 Å². The number of pyridine rings is 1. The molecule has 0 amide bonds. The minimum Gasteiger partial charge on any atom is -0.390 e. The highest BCUT2D eigenvalue weighted by Gasteiger charge is 2.18. The van der Waals surface area contributed by atoms with Gasteiger partial charge in [-0.2, -0.15) is 5.26 Å². The molecule has 1 unspecified atom stereocenters. The summed E-state index contributed by atoms with van der Waals surface area (Å²) in [5.74, 6) is 0.526. The third-order valence-corrected chi connectivity index (χ3v) is 4.11. The number of rotatable bonds is 5. The number of hydrogen-bond acceptors (Lipinski definition) is 5. The quantitative estimate of drug-likeness (QED) is 0.881. The standard InChI is InChI=1S/C18H20N4O/c19-10-15-6-3-8-20-18(15)21-11-17(23)13-22-9-7-14-4-1-2-5-16(14)12-22/h1-6,8,17,23H,7,9,11-13H2,(H,20,21). The van der Waals surface area contributed by atoms with Crippen molar-refractivity contribution >= 4 is 5.82 Å². The zero-order valence-electron chi connectivity index (χ0n) is 12.9. The summed E-state index contributed by atoms with van der Waals surface area (Å²) in [7, 11) is 0. The Morgan fingerprint density at radius 1 is 1.26 bits per heavy atom. The highest BCUT2D eigenvalue weighted by Crippen LogP contribution is 2.18. The zero-order chi connectivity index (χ0) is 16.1. The van der Waals surface area contributed by atoms with E-state index in [1.807, 2.05) is 0 Å². The summed E-state index contributed by atoms with van der Waals surface area (Å²) < 4.78 is 0. The van der Waals surface area contributed by atoms with E-state index in [0.29, 0.717) is 24.5 Å². The fourth-order valence-electron chi connectivity index (χ4n) is 2.92. The molecular formula is C18H20N4O. The van der Waals surface area contributed by atoms with Gasteiger partial charge in [0.2, 0.25) is 0 Å². The van der Waals surface area contributed by atoms with Gasteiger partial charge in [0.25, 0.3) is 0 Å². The van der Waals surface area contributed by atoms with Crippen molar-refractivity contribution in [1.29, 1.82) is 5.26 Å². The number of aromatic nitrogens is 1. The molecule has 5 nitrogen and oxygen atoms in total. The van der Waals surface area contributed by atoms with Gasteiger partial charge in [0.05, 0.1) is 11.7 Å². The fourth-order valence-corrected chi connectivity index (χ4v) is 2.92. The van der Waals surface area contributed by atoms with Gasteiger partial charge in [-0.3, -0.25) is 4.90 Å². The number of β-amino-alcohol motifs (C(OH)–C–C–N with tert-alkyl or cyclic N) is 1. The summed E-state index contributed by atoms with van der Waals surface area (Å²) in [5, 5.41) is 22.4. The Kier molecular flexibility index (Phi) is 4.86. The molecule has 0 fully saturated rings. The van der Waals surface area contributed by atoms with Crippen LogP contribution in [0.2, 0.25) is 0 Å². The maximum absolute atomic E-state index is 10.3. The first kappa shape index (κ1) is 15.5. The van der Waals surface area contributed by atoms with Crippen molar-refractivity contribution in [3.8, 4) is 6.07 Å². The molecule has 0 saturated carbocycles. The van der Waals surface area contributed by atoms with Crippen LogP contribution < -0.4 is 5.32 Å². The topological polar surface area (TPSA) is 72.2 Å². The number of anilines is 1. The summed E-state index contributed by atoms with van der Waals surface area (Å²) in [4.78, 5) is 6.40. The van der Waals surface area contributed by atoms with Gasteiger partial charge in [-0.1, -0.05) is 24.3 Å². The Balaban J connectivity index is 1.52. The van der Waals surface area contributed by atoms with E-state index in [-0.39, 0.29) is 0 Å². The van der Waals surface area contributed by atoms with Crippen LogP contribution in [0.5, 0.6) is 0 Å². The molecule has 0 radical (unpaired) electrons. The van der Waals surface area contributed by atoms with Crippen molar-refractivity contribution in [2.45, 2.75) is 19.1 Å². The molecule has 23 heavy (non-hydrogen) atoms. The lowest BCUT2D eigenvalue weighted by atomic mass is 10.00. The van der Waals surface area contributed by atoms with E-state index in [9.17, 15) is 5.11 Å². The normalized spacial score (nSPS) is 15.5. The minimum absolute atomic E-state index is 0.379. The van der Waals surface area contributed by atoms with E-state index in [1.54, 1.807) is 18.3 Å². The second-order valence-corrected chi connectivity index (χ2v) is 5.80. The molecule has 0 aliphatic carbocycles. The number of fused-ring (bicyclic) bond motifs is 1. The highest BCUT2D eigenvalue weighted by atomic mass is 16.3. The van der Waals surface area contributed by atoms with Gasteiger partial charge in [-0.05, 0) is 29.7 Å². The first-order valence-electron chi connectivity index (χ1n) is 7.82. The average Bonchev–Trinajstić information content (AvgIpc) is 2.60. The van der Waals surface area contributed by atoms with Crippen LogP contribution in [0.15, 0.2) is 42.6 Å². The smallest absolute Gasteiger partial charge is 0.143 e. The fraction of sp³-hybridized carbons (Fsp3) is 0.333. The summed E-state index contributed by atoms with van der Waals surface area (Å²) >= 11 is 0. The predicted molar refractivity (Wildman–Crippen MR) is 88.9 cm³/mol. The molecule has 2 heterocycles. The van der Waals surface area contributed by atoms with Crippen LogP contribution in [0.1, 0.15) is 16.7 Å². The van der Waals surface area contributed by atoms with Gasteiger partial charge in [-0.15, -0.1) is 0 Å². The third-order valence-electron chi connectivity index (χ3n) is 4.11. The van der Waals surface area contributed by atoms with Crippen molar-refractivity contribution in [3.05, 3.63) is 59.3 Å². The van der Waals surface area contributed by atoms with Gasteiger partial charge in [0.15, 0.2) is 0 Å². The second-order valence-electron chi connectivity index (χ2n) is 5.80. The maximum atomic E-state index is 10.3. The van der Waals surface area contributed by atoms with E-state index < -0.39 is 6.10 Å². The van der Waals surface area contributed by atoms with Crippen molar-refractivity contribution in [2.75, 3.05) is 25.0 Å². The van der Waals surface area contributed by atoms with E-state index in [4.69, 9.17) is 5.26 Å². The third kappa shape index (κ3) is 3.86. The first-order valence-corrected chi connectivity index (χ1v) is 7.82. The Morgan fingerprint density at radius 2 is 2.09 bits per heavy atom. The molecule has 5 heteroatoms. The summed E-state index contributed by atoms with van der Waals surface area (Å²) in [6, 6.07) is 14.0. The van der Waals surface area contributed by atoms with Gasteiger partial charge >= 0.3 is 0 Å². The molecule has 0 bridgehead atoms. The van der Waals surface area contributed by atoms with Crippen LogP contribution in [-0.2, 0) is 13.0 Å². The van der Waals surface area contributed by atoms with E-state index in [0.717, 1.165) is 19.5 Å². The van der Waals surface area contributed by atoms with Crippen LogP contribution in [0, 0.1) is 11.3 Å². The number of hydrogen-bond donors (Lipinski definition) is 2. The molecule has 3 rings (SSSR count). The second kappa shape index (κ2) is 7.23. The zero-order valence-corrected chi connectivity index (χ0v) is 12.9. The van der Waals surface area contributed by atoms with Crippen molar-refractivity contribution in [2.24, 2.45) is 0 Å². The van der Waals surface area contributed by atoms with E-state index >= 15 is 0 Å². The Hall–Kier alpha value is -2.42. The average molecular weight is 308 g/mol. The highest BCUT2D eigenvalue weighted by molar-refractivity contribution is 5.51. The molecule has 1 atom stereocenters. The lowest BCUT2D eigenvalue weighted by Gasteiger charge is -2.30. The molecule has 1 aliphatic rings. The molecule has 1 aromatic carbocycles. The van der Waals surface area contributed by atoms with Crippen LogP contribution in [0.3, 0.4) is 0 Å². The lowest BCUT2D eigenvalue weighted by Crippen LogP contribution is -2.39. The number of aliphatic hydroxyl groups excluding tert-OH is 1. The van der Waals surface area contributed by atoms with E-state index in [2.05, 4.69) is 45.5 Å². The largest absolute Gasteiger partial charge is 0.390 e. The Bertz CT molecular complexity index is 710. The molecule has 118 valence electrons. The molecule has 2 aromatic rings. The maximum Gasteiger partial charge on any atom is 0.143 e. The van der Waals surface area contributed by atoms with Crippen LogP contribution in [0.4, 0.5) is 5.82 Å². The van der Waals surface area contributed by atoms with E-state index in [1.165, 1.54) is 11.1 Å². The van der Waals surface area contributed by atoms with Gasteiger partial charge in [0, 0.05) is 32.4 Å². The summed E-state index contributed by atoms with van der Waals surface area (Å²) in [6.07, 6.45) is 2.15. The Morgan fingerprint density at radius 3 is 2.91 bits per heavy atom. The summed E-state index contributed by atoms with van der Waals surface area (Å²) in [5.41, 5.74) is 3.24. The monoisotopic (exact) mass is 308 g/mol. The molecular weight excluding hydrogens is 288 g/mol. The van der Waals surface area contributed by atoms with Gasteiger partial charge in [-0.25, -0.2) is 4.98 Å². The van der Waals surface area contributed by atoms with Crippen LogP contribution in [0.25, 0.3) is 0 Å². The molecule has 2 N–H and O–H groups in total. The van der Waals surface area contributed by atoms with Crippen molar-refractivity contribution in [3.63, 3.8) is 0 Å².